The highest BCUT2D eigenvalue weighted by atomic mass is 32.1. The van der Waals surface area contributed by atoms with Crippen LogP contribution in [0.4, 0.5) is 4.39 Å². The number of carbonyl (C=O) groups excluding carboxylic acids is 2. The van der Waals surface area contributed by atoms with Gasteiger partial charge in [0.2, 0.25) is 5.91 Å². The number of aryl methyl sites for hydroxylation is 1. The van der Waals surface area contributed by atoms with Crippen LogP contribution in [0.3, 0.4) is 0 Å². The number of nitrogens with zero attached hydrogens (tertiary/aromatic N) is 6. The maximum absolute atomic E-state index is 14.5. The van der Waals surface area contributed by atoms with Gasteiger partial charge in [-0.2, -0.15) is 10.2 Å². The SMILES string of the molecule is COCCO[C@@H](Cn1c(=O)n([C@]2(C)CCC(=O)N(C)C2=O)c(=O)c2c(C)c(-n3nccn3)sc21)c1cc(F)ccc1OC. The fourth-order valence-corrected chi connectivity index (χ4v) is 6.61. The lowest BCUT2D eigenvalue weighted by molar-refractivity contribution is -0.154. The molecular formula is C28H31FN6O7S. The summed E-state index contributed by atoms with van der Waals surface area (Å²) in [6, 6.07) is 3.97. The van der Waals surface area contributed by atoms with Crippen LogP contribution in [0.25, 0.3) is 15.2 Å². The predicted molar refractivity (Wildman–Crippen MR) is 154 cm³/mol. The average Bonchev–Trinajstić information content (AvgIpc) is 3.64. The molecular weight excluding hydrogens is 583 g/mol. The first-order chi connectivity index (χ1) is 20.5. The maximum atomic E-state index is 14.5. The summed E-state index contributed by atoms with van der Waals surface area (Å²) in [6.45, 7) is 3.34. The Bertz CT molecular complexity index is 1810. The van der Waals surface area contributed by atoms with Crippen molar-refractivity contribution in [2.45, 2.75) is 44.9 Å². The van der Waals surface area contributed by atoms with Gasteiger partial charge in [0.15, 0.2) is 0 Å². The third kappa shape index (κ3) is 5.17. The number of likely N-dealkylation sites (N-methyl/N-ethyl adjacent to an activating group) is 1. The van der Waals surface area contributed by atoms with Gasteiger partial charge in [-0.05, 0) is 38.5 Å². The Morgan fingerprint density at radius 2 is 1.84 bits per heavy atom. The molecule has 1 saturated heterocycles. The predicted octanol–water partition coefficient (Wildman–Crippen LogP) is 2.16. The lowest BCUT2D eigenvalue weighted by Gasteiger charge is -2.37. The number of halogens is 1. The van der Waals surface area contributed by atoms with Crippen molar-refractivity contribution in [3.05, 3.63) is 68.4 Å². The van der Waals surface area contributed by atoms with Gasteiger partial charge >= 0.3 is 5.69 Å². The number of fused-ring (bicyclic) bond motifs is 1. The number of benzene rings is 1. The topological polar surface area (TPSA) is 140 Å². The molecule has 13 nitrogen and oxygen atoms in total. The minimum atomic E-state index is -1.64. The number of aromatic nitrogens is 5. The quantitative estimate of drug-likeness (QED) is 0.194. The first-order valence-corrected chi connectivity index (χ1v) is 14.3. The molecule has 1 aliphatic heterocycles. The summed E-state index contributed by atoms with van der Waals surface area (Å²) >= 11 is 1.12. The first-order valence-electron chi connectivity index (χ1n) is 13.4. The molecule has 4 aromatic rings. The van der Waals surface area contributed by atoms with Crippen molar-refractivity contribution in [2.24, 2.45) is 0 Å². The van der Waals surface area contributed by atoms with Crippen LogP contribution in [-0.4, -0.2) is 75.3 Å². The van der Waals surface area contributed by atoms with Crippen LogP contribution in [-0.2, 0) is 31.1 Å². The third-order valence-corrected chi connectivity index (χ3v) is 9.02. The number of hydrogen-bond acceptors (Lipinski definition) is 10. The highest BCUT2D eigenvalue weighted by Gasteiger charge is 2.46. The number of imide groups is 1. The highest BCUT2D eigenvalue weighted by molar-refractivity contribution is 7.21. The fraction of sp³-hybridized carbons (Fsp3) is 0.429. The largest absolute Gasteiger partial charge is 0.496 e. The van der Waals surface area contributed by atoms with Crippen molar-refractivity contribution >= 4 is 33.4 Å². The molecule has 0 bridgehead atoms. The molecule has 4 heterocycles. The molecule has 0 aliphatic carbocycles. The summed E-state index contributed by atoms with van der Waals surface area (Å²) in [7, 11) is 4.28. The summed E-state index contributed by atoms with van der Waals surface area (Å²) in [5, 5.41) is 9.08. The van der Waals surface area contributed by atoms with Crippen LogP contribution in [0.5, 0.6) is 5.75 Å². The van der Waals surface area contributed by atoms with Gasteiger partial charge in [0.25, 0.3) is 11.5 Å². The maximum Gasteiger partial charge on any atom is 0.333 e. The van der Waals surface area contributed by atoms with Crippen LogP contribution < -0.4 is 16.0 Å². The summed E-state index contributed by atoms with van der Waals surface area (Å²) in [5.74, 6) is -1.28. The zero-order valence-electron chi connectivity index (χ0n) is 24.3. The monoisotopic (exact) mass is 614 g/mol. The Balaban J connectivity index is 1.79. The molecule has 2 amide bonds. The fourth-order valence-electron chi connectivity index (χ4n) is 5.39. The van der Waals surface area contributed by atoms with Crippen molar-refractivity contribution < 1.29 is 28.2 Å². The molecule has 0 N–H and O–H groups in total. The summed E-state index contributed by atoms with van der Waals surface area (Å²) in [5.41, 5.74) is -2.27. The van der Waals surface area contributed by atoms with Crippen molar-refractivity contribution in [3.63, 3.8) is 0 Å². The Morgan fingerprint density at radius 1 is 1.12 bits per heavy atom. The van der Waals surface area contributed by atoms with Gasteiger partial charge in [-0.3, -0.25) is 23.9 Å². The number of methoxy groups -OCH3 is 2. The van der Waals surface area contributed by atoms with E-state index < -0.39 is 40.5 Å². The molecule has 0 spiro atoms. The van der Waals surface area contributed by atoms with Crippen molar-refractivity contribution in [1.82, 2.24) is 29.0 Å². The van der Waals surface area contributed by atoms with E-state index in [1.807, 2.05) is 0 Å². The molecule has 0 saturated carbocycles. The molecule has 228 valence electrons. The van der Waals surface area contributed by atoms with Gasteiger partial charge in [0, 0.05) is 31.7 Å². The Kier molecular flexibility index (Phi) is 8.31. The Labute approximate surface area is 249 Å². The lowest BCUT2D eigenvalue weighted by Crippen LogP contribution is -2.61. The smallest absolute Gasteiger partial charge is 0.333 e. The van der Waals surface area contributed by atoms with Gasteiger partial charge in [0.1, 0.15) is 33.0 Å². The van der Waals surface area contributed by atoms with E-state index in [9.17, 15) is 23.6 Å². The van der Waals surface area contributed by atoms with Crippen molar-refractivity contribution in [3.8, 4) is 10.8 Å². The molecule has 5 rings (SSSR count). The minimum absolute atomic E-state index is 0.0308. The number of piperidine rings is 1. The van der Waals surface area contributed by atoms with Gasteiger partial charge in [-0.25, -0.2) is 13.8 Å². The summed E-state index contributed by atoms with van der Waals surface area (Å²) < 4.78 is 33.5. The number of hydrogen-bond donors (Lipinski definition) is 0. The molecule has 15 heteroatoms. The molecule has 43 heavy (non-hydrogen) atoms. The van der Waals surface area contributed by atoms with E-state index in [0.29, 0.717) is 26.7 Å². The van der Waals surface area contributed by atoms with E-state index in [-0.39, 0.29) is 38.0 Å². The Morgan fingerprint density at radius 3 is 2.51 bits per heavy atom. The first kappa shape index (κ1) is 30.3. The minimum Gasteiger partial charge on any atom is -0.496 e. The zero-order valence-corrected chi connectivity index (χ0v) is 25.1. The second kappa shape index (κ2) is 11.8. The van der Waals surface area contributed by atoms with Crippen LogP contribution in [0.1, 0.15) is 37.0 Å². The standard InChI is InChI=1S/C28H31FN6O7S/c1-16-22-23(37)34(28(2)9-8-21(36)32(3)26(28)38)27(39)33(25(22)43-24(16)35-30-10-11-31-35)15-20(42-13-12-40-4)18-14-17(29)6-7-19(18)41-5/h6-7,10-11,14,20H,8-9,12-13,15H2,1-5H3/t20-,28+/m0/s1. The van der Waals surface area contributed by atoms with E-state index in [1.165, 1.54) is 68.1 Å². The molecule has 0 unspecified atom stereocenters. The third-order valence-electron chi connectivity index (χ3n) is 7.74. The Hall–Kier alpha value is -4.21. The molecule has 1 fully saturated rings. The van der Waals surface area contributed by atoms with E-state index in [0.717, 1.165) is 20.8 Å². The molecule has 2 atom stereocenters. The van der Waals surface area contributed by atoms with Gasteiger partial charge < -0.3 is 14.2 Å². The van der Waals surface area contributed by atoms with Crippen LogP contribution in [0.2, 0.25) is 0 Å². The lowest BCUT2D eigenvalue weighted by atomic mass is 9.89. The second-order valence-electron chi connectivity index (χ2n) is 10.3. The van der Waals surface area contributed by atoms with Gasteiger partial charge in [-0.15, -0.1) is 4.80 Å². The van der Waals surface area contributed by atoms with Crippen molar-refractivity contribution in [2.75, 3.05) is 34.5 Å². The van der Waals surface area contributed by atoms with E-state index in [1.54, 1.807) is 6.92 Å². The van der Waals surface area contributed by atoms with Crippen molar-refractivity contribution in [1.29, 1.82) is 0 Å². The number of rotatable bonds is 10. The zero-order chi connectivity index (χ0) is 31.1. The molecule has 1 aromatic carbocycles. The van der Waals surface area contributed by atoms with E-state index in [2.05, 4.69) is 10.2 Å². The average molecular weight is 615 g/mol. The normalized spacial score (nSPS) is 18.0. The molecule has 0 radical (unpaired) electrons. The number of carbonyl (C=O) groups is 2. The number of likely N-dealkylation sites (tertiary alicyclic amines) is 1. The van der Waals surface area contributed by atoms with Gasteiger partial charge in [-0.1, -0.05) is 11.3 Å². The highest BCUT2D eigenvalue weighted by Crippen LogP contribution is 2.35. The molecule has 1 aliphatic rings. The van der Waals surface area contributed by atoms with Crippen LogP contribution in [0.15, 0.2) is 40.2 Å². The molecule has 3 aromatic heterocycles. The summed E-state index contributed by atoms with van der Waals surface area (Å²) in [4.78, 5) is 57.0. The van der Waals surface area contributed by atoms with E-state index >= 15 is 0 Å². The van der Waals surface area contributed by atoms with Gasteiger partial charge in [0.05, 0.1) is 44.6 Å². The number of ether oxygens (including phenoxy) is 3. The van der Waals surface area contributed by atoms with Crippen LogP contribution >= 0.6 is 11.3 Å². The number of thiophene rings is 1. The summed E-state index contributed by atoms with van der Waals surface area (Å²) in [6.07, 6.45) is 1.97. The second-order valence-corrected chi connectivity index (χ2v) is 11.3. The number of amides is 2. The van der Waals surface area contributed by atoms with E-state index in [4.69, 9.17) is 14.2 Å². The van der Waals surface area contributed by atoms with Crippen LogP contribution in [0, 0.1) is 12.7 Å².